The van der Waals surface area contributed by atoms with Gasteiger partial charge in [0.05, 0.1) is 0 Å². The zero-order chi connectivity index (χ0) is 14.1. The van der Waals surface area contributed by atoms with E-state index in [9.17, 15) is 13.2 Å². The summed E-state index contributed by atoms with van der Waals surface area (Å²) in [5.41, 5.74) is 1.55. The molecule has 1 aliphatic rings. The molecular weight excluding hydrogens is 264 g/mol. The lowest BCUT2D eigenvalue weighted by atomic mass is 9.83. The average Bonchev–Trinajstić information content (AvgIpc) is 2.26. The van der Waals surface area contributed by atoms with Gasteiger partial charge in [-0.2, -0.15) is 0 Å². The summed E-state index contributed by atoms with van der Waals surface area (Å²) in [7, 11) is -3.39. The lowest BCUT2D eigenvalue weighted by molar-refractivity contribution is -0.120. The fourth-order valence-corrected chi connectivity index (χ4v) is 3.75. The number of pyridine rings is 1. The number of rotatable bonds is 4. The van der Waals surface area contributed by atoms with Crippen LogP contribution in [0.25, 0.3) is 0 Å². The summed E-state index contributed by atoms with van der Waals surface area (Å²) in [5, 5.41) is 2.75. The van der Waals surface area contributed by atoms with E-state index in [1.165, 1.54) is 0 Å². The van der Waals surface area contributed by atoms with Gasteiger partial charge in [0, 0.05) is 24.3 Å². The number of nitrogens with one attached hydrogen (secondary N) is 1. The Morgan fingerprint density at radius 2 is 2.16 bits per heavy atom. The predicted octanol–water partition coefficient (Wildman–Crippen LogP) is 1.55. The molecule has 1 fully saturated rings. The number of nitrogens with zero attached hydrogens (tertiary/aromatic N) is 1. The van der Waals surface area contributed by atoms with Gasteiger partial charge in [-0.3, -0.25) is 9.78 Å². The SMILES string of the molecule is CCc1cnccc1NC(=O)C1(S(C)(=O)=O)CCC1. The van der Waals surface area contributed by atoms with E-state index < -0.39 is 20.5 Å². The zero-order valence-electron chi connectivity index (χ0n) is 11.1. The van der Waals surface area contributed by atoms with Crippen molar-refractivity contribution in [3.05, 3.63) is 24.0 Å². The number of carbonyl (C=O) groups is 1. The number of hydrogen-bond donors (Lipinski definition) is 1. The molecule has 0 aromatic carbocycles. The number of anilines is 1. The first-order chi connectivity index (χ1) is 8.90. The Bertz CT molecular complexity index is 592. The molecule has 0 saturated heterocycles. The smallest absolute Gasteiger partial charge is 0.245 e. The molecule has 0 spiro atoms. The monoisotopic (exact) mass is 282 g/mol. The lowest BCUT2D eigenvalue weighted by Gasteiger charge is -2.38. The molecule has 5 nitrogen and oxygen atoms in total. The van der Waals surface area contributed by atoms with Crippen LogP contribution >= 0.6 is 0 Å². The molecule has 0 unspecified atom stereocenters. The molecule has 1 saturated carbocycles. The lowest BCUT2D eigenvalue weighted by Crippen LogP contribution is -2.54. The standard InChI is InChI=1S/C13H18N2O3S/c1-3-10-9-14-8-5-11(10)15-12(16)13(6-4-7-13)19(2,17)18/h5,8-9H,3-4,6-7H2,1-2H3,(H,14,15,16). The van der Waals surface area contributed by atoms with E-state index in [1.54, 1.807) is 18.5 Å². The fraction of sp³-hybridized carbons (Fsp3) is 0.538. The Hall–Kier alpha value is -1.43. The van der Waals surface area contributed by atoms with Crippen LogP contribution < -0.4 is 5.32 Å². The predicted molar refractivity (Wildman–Crippen MR) is 73.7 cm³/mol. The largest absolute Gasteiger partial charge is 0.324 e. The molecule has 6 heteroatoms. The third-order valence-electron chi connectivity index (χ3n) is 3.82. The maximum absolute atomic E-state index is 12.3. The molecule has 0 bridgehead atoms. The van der Waals surface area contributed by atoms with Crippen LogP contribution in [0, 0.1) is 0 Å². The Labute approximate surface area is 113 Å². The van der Waals surface area contributed by atoms with Gasteiger partial charge in [-0.1, -0.05) is 6.92 Å². The molecule has 1 aliphatic carbocycles. The highest BCUT2D eigenvalue weighted by Crippen LogP contribution is 2.40. The van der Waals surface area contributed by atoms with Crippen molar-refractivity contribution in [3.63, 3.8) is 0 Å². The Morgan fingerprint density at radius 1 is 1.47 bits per heavy atom. The number of sulfone groups is 1. The highest BCUT2D eigenvalue weighted by molar-refractivity contribution is 7.93. The number of carbonyl (C=O) groups excluding carboxylic acids is 1. The van der Waals surface area contributed by atoms with Crippen molar-refractivity contribution < 1.29 is 13.2 Å². The second-order valence-corrected chi connectivity index (χ2v) is 7.29. The molecule has 0 atom stereocenters. The quantitative estimate of drug-likeness (QED) is 0.909. The number of aryl methyl sites for hydroxylation is 1. The molecule has 0 aliphatic heterocycles. The van der Waals surface area contributed by atoms with E-state index in [0.29, 0.717) is 18.5 Å². The minimum atomic E-state index is -3.39. The molecule has 2 rings (SSSR count). The third-order valence-corrected chi connectivity index (χ3v) is 5.83. The zero-order valence-corrected chi connectivity index (χ0v) is 12.0. The average molecular weight is 282 g/mol. The van der Waals surface area contributed by atoms with Crippen LogP contribution in [-0.2, 0) is 21.1 Å². The molecule has 104 valence electrons. The first-order valence-electron chi connectivity index (χ1n) is 6.34. The fourth-order valence-electron chi connectivity index (χ4n) is 2.33. The van der Waals surface area contributed by atoms with E-state index in [1.807, 2.05) is 6.92 Å². The highest BCUT2D eigenvalue weighted by atomic mass is 32.2. The Balaban J connectivity index is 2.26. The second-order valence-electron chi connectivity index (χ2n) is 4.96. The Morgan fingerprint density at radius 3 is 2.63 bits per heavy atom. The van der Waals surface area contributed by atoms with Crippen molar-refractivity contribution in [3.8, 4) is 0 Å². The normalized spacial score (nSPS) is 17.6. The van der Waals surface area contributed by atoms with E-state index in [-0.39, 0.29) is 0 Å². The maximum atomic E-state index is 12.3. The van der Waals surface area contributed by atoms with Crippen LogP contribution in [0.3, 0.4) is 0 Å². The Kier molecular flexibility index (Phi) is 3.62. The van der Waals surface area contributed by atoms with Crippen molar-refractivity contribution in [1.82, 2.24) is 4.98 Å². The van der Waals surface area contributed by atoms with Crippen LogP contribution in [0.15, 0.2) is 18.5 Å². The third kappa shape index (κ3) is 2.36. The summed E-state index contributed by atoms with van der Waals surface area (Å²) < 4.78 is 22.5. The maximum Gasteiger partial charge on any atom is 0.245 e. The van der Waals surface area contributed by atoms with E-state index >= 15 is 0 Å². The molecule has 1 aromatic heterocycles. The first-order valence-corrected chi connectivity index (χ1v) is 8.24. The van der Waals surface area contributed by atoms with E-state index in [4.69, 9.17) is 0 Å². The minimum absolute atomic E-state index is 0.407. The van der Waals surface area contributed by atoms with E-state index in [0.717, 1.165) is 24.7 Å². The molecule has 19 heavy (non-hydrogen) atoms. The minimum Gasteiger partial charge on any atom is -0.324 e. The van der Waals surface area contributed by atoms with Gasteiger partial charge in [-0.15, -0.1) is 0 Å². The van der Waals surface area contributed by atoms with Crippen molar-refractivity contribution in [1.29, 1.82) is 0 Å². The van der Waals surface area contributed by atoms with Gasteiger partial charge in [0.2, 0.25) is 5.91 Å². The van der Waals surface area contributed by atoms with Crippen LogP contribution in [0.5, 0.6) is 0 Å². The van der Waals surface area contributed by atoms with Gasteiger partial charge in [0.25, 0.3) is 0 Å². The summed E-state index contributed by atoms with van der Waals surface area (Å²) in [6.45, 7) is 1.96. The first kappa shape index (κ1) is 14.0. The molecule has 1 amide bonds. The summed E-state index contributed by atoms with van der Waals surface area (Å²) in [6.07, 6.45) is 6.73. The molecule has 0 radical (unpaired) electrons. The van der Waals surface area contributed by atoms with Crippen molar-refractivity contribution in [2.45, 2.75) is 37.4 Å². The van der Waals surface area contributed by atoms with Gasteiger partial charge < -0.3 is 5.32 Å². The number of hydrogen-bond acceptors (Lipinski definition) is 4. The molecule has 1 aromatic rings. The van der Waals surface area contributed by atoms with Crippen molar-refractivity contribution >= 4 is 21.4 Å². The van der Waals surface area contributed by atoms with Gasteiger partial charge in [0.15, 0.2) is 14.6 Å². The summed E-state index contributed by atoms with van der Waals surface area (Å²) >= 11 is 0. The van der Waals surface area contributed by atoms with Crippen molar-refractivity contribution in [2.75, 3.05) is 11.6 Å². The van der Waals surface area contributed by atoms with Gasteiger partial charge >= 0.3 is 0 Å². The van der Waals surface area contributed by atoms with Crippen molar-refractivity contribution in [2.24, 2.45) is 0 Å². The molecular formula is C13H18N2O3S. The van der Waals surface area contributed by atoms with Gasteiger partial charge in [-0.25, -0.2) is 8.42 Å². The number of amides is 1. The summed E-state index contributed by atoms with van der Waals surface area (Å²) in [5.74, 6) is -0.415. The molecule has 1 heterocycles. The second kappa shape index (κ2) is 4.92. The van der Waals surface area contributed by atoms with Crippen LogP contribution in [-0.4, -0.2) is 30.3 Å². The molecule has 1 N–H and O–H groups in total. The van der Waals surface area contributed by atoms with Gasteiger partial charge in [-0.05, 0) is 37.3 Å². The van der Waals surface area contributed by atoms with Crippen LogP contribution in [0.4, 0.5) is 5.69 Å². The summed E-state index contributed by atoms with van der Waals surface area (Å²) in [6, 6.07) is 1.70. The number of aromatic nitrogens is 1. The van der Waals surface area contributed by atoms with Gasteiger partial charge in [0.1, 0.15) is 0 Å². The topological polar surface area (TPSA) is 76.1 Å². The highest BCUT2D eigenvalue weighted by Gasteiger charge is 2.52. The van der Waals surface area contributed by atoms with E-state index in [2.05, 4.69) is 10.3 Å². The van der Waals surface area contributed by atoms with Crippen LogP contribution in [0.2, 0.25) is 0 Å². The van der Waals surface area contributed by atoms with Crippen LogP contribution in [0.1, 0.15) is 31.7 Å². The summed E-state index contributed by atoms with van der Waals surface area (Å²) in [4.78, 5) is 16.3.